The molecule has 1 rings (SSSR count). The number of nitrogens with one attached hydrogen (secondary N) is 1. The van der Waals surface area contributed by atoms with Crippen LogP contribution in [0.25, 0.3) is 0 Å². The Labute approximate surface area is 89.4 Å². The van der Waals surface area contributed by atoms with Gasteiger partial charge in [-0.05, 0) is 25.7 Å². The van der Waals surface area contributed by atoms with Gasteiger partial charge in [-0.1, -0.05) is 6.92 Å². The number of urea groups is 1. The molecule has 0 spiro atoms. The fourth-order valence-corrected chi connectivity index (χ4v) is 1.76. The molecule has 0 aliphatic carbocycles. The molecule has 0 bridgehead atoms. The van der Waals surface area contributed by atoms with Crippen LogP contribution in [0.3, 0.4) is 0 Å². The van der Waals surface area contributed by atoms with E-state index < -0.39 is 12.0 Å². The van der Waals surface area contributed by atoms with Crippen molar-refractivity contribution in [3.05, 3.63) is 0 Å². The number of carboxylic acids is 1. The Hall–Kier alpha value is -1.26. The van der Waals surface area contributed by atoms with Gasteiger partial charge in [-0.3, -0.25) is 0 Å². The highest BCUT2D eigenvalue weighted by Gasteiger charge is 2.31. The summed E-state index contributed by atoms with van der Waals surface area (Å²) in [6.45, 7) is 3.11. The summed E-state index contributed by atoms with van der Waals surface area (Å²) in [5.74, 6) is -0.902. The third-order valence-corrected chi connectivity index (χ3v) is 2.57. The van der Waals surface area contributed by atoms with E-state index in [2.05, 4.69) is 5.32 Å². The van der Waals surface area contributed by atoms with Crippen molar-refractivity contribution >= 4 is 12.0 Å². The summed E-state index contributed by atoms with van der Waals surface area (Å²) < 4.78 is 0. The Morgan fingerprint density at radius 3 is 2.80 bits per heavy atom. The quantitative estimate of drug-likeness (QED) is 0.737. The Kier molecular flexibility index (Phi) is 4.39. The van der Waals surface area contributed by atoms with E-state index in [1.807, 2.05) is 6.92 Å². The van der Waals surface area contributed by atoms with Gasteiger partial charge in [0, 0.05) is 13.1 Å². The minimum atomic E-state index is -0.902. The first-order valence-corrected chi connectivity index (χ1v) is 5.44. The van der Waals surface area contributed by atoms with Gasteiger partial charge < -0.3 is 15.3 Å². The number of carboxylic acid groups (broad SMARTS) is 1. The molecular weight excluding hydrogens is 196 g/mol. The third kappa shape index (κ3) is 3.11. The van der Waals surface area contributed by atoms with Crippen LogP contribution in [-0.2, 0) is 4.79 Å². The van der Waals surface area contributed by atoms with Gasteiger partial charge in [-0.2, -0.15) is 0 Å². The number of aliphatic carboxylic acids is 1. The number of rotatable bonds is 3. The molecule has 2 amide bonds. The van der Waals surface area contributed by atoms with E-state index in [1.54, 1.807) is 0 Å². The summed E-state index contributed by atoms with van der Waals surface area (Å²) in [6, 6.07) is -0.889. The second-order valence-corrected chi connectivity index (χ2v) is 3.78. The first kappa shape index (κ1) is 11.8. The van der Waals surface area contributed by atoms with E-state index in [-0.39, 0.29) is 6.03 Å². The van der Waals surface area contributed by atoms with Crippen LogP contribution in [0.15, 0.2) is 0 Å². The SMILES string of the molecule is CCCNC(=O)N1CCCC[C@@H]1C(=O)O. The molecule has 86 valence electrons. The number of likely N-dealkylation sites (tertiary alicyclic amines) is 1. The number of piperidine rings is 1. The molecule has 0 aromatic heterocycles. The van der Waals surface area contributed by atoms with E-state index in [4.69, 9.17) is 5.11 Å². The van der Waals surface area contributed by atoms with Gasteiger partial charge in [0.2, 0.25) is 0 Å². The Bertz CT molecular complexity index is 243. The summed E-state index contributed by atoms with van der Waals surface area (Å²) in [4.78, 5) is 24.0. The van der Waals surface area contributed by atoms with Crippen LogP contribution in [0.4, 0.5) is 4.79 Å². The standard InChI is InChI=1S/C10H18N2O3/c1-2-6-11-10(15)12-7-4-3-5-8(12)9(13)14/h8H,2-7H2,1H3,(H,11,15)(H,13,14)/t8-/m1/s1. The lowest BCUT2D eigenvalue weighted by Gasteiger charge is -2.32. The Morgan fingerprint density at radius 2 is 2.20 bits per heavy atom. The van der Waals surface area contributed by atoms with E-state index in [0.29, 0.717) is 19.5 Å². The van der Waals surface area contributed by atoms with Crippen LogP contribution in [-0.4, -0.2) is 41.1 Å². The third-order valence-electron chi connectivity index (χ3n) is 2.57. The molecule has 5 nitrogen and oxygen atoms in total. The molecule has 1 aliphatic rings. The van der Waals surface area contributed by atoms with E-state index in [1.165, 1.54) is 4.90 Å². The molecule has 1 saturated heterocycles. The highest BCUT2D eigenvalue weighted by atomic mass is 16.4. The summed E-state index contributed by atoms with van der Waals surface area (Å²) in [7, 11) is 0. The van der Waals surface area contributed by atoms with Crippen LogP contribution in [0.2, 0.25) is 0 Å². The molecule has 1 heterocycles. The van der Waals surface area contributed by atoms with Crippen LogP contribution < -0.4 is 5.32 Å². The predicted octanol–water partition coefficient (Wildman–Crippen LogP) is 1.05. The van der Waals surface area contributed by atoms with Crippen molar-refractivity contribution in [2.75, 3.05) is 13.1 Å². The maximum Gasteiger partial charge on any atom is 0.326 e. The molecule has 0 aromatic rings. The molecule has 1 fully saturated rings. The zero-order valence-electron chi connectivity index (χ0n) is 9.03. The van der Waals surface area contributed by atoms with Crippen molar-refractivity contribution in [3.63, 3.8) is 0 Å². The number of amides is 2. The summed E-state index contributed by atoms with van der Waals surface area (Å²) in [6.07, 6.45) is 3.20. The molecular formula is C10H18N2O3. The fourth-order valence-electron chi connectivity index (χ4n) is 1.76. The minimum Gasteiger partial charge on any atom is -0.480 e. The molecule has 0 radical (unpaired) electrons. The summed E-state index contributed by atoms with van der Waals surface area (Å²) in [5, 5.41) is 11.7. The molecule has 5 heteroatoms. The van der Waals surface area contributed by atoms with Crippen molar-refractivity contribution in [1.82, 2.24) is 10.2 Å². The monoisotopic (exact) mass is 214 g/mol. The van der Waals surface area contributed by atoms with Gasteiger partial charge >= 0.3 is 12.0 Å². The van der Waals surface area contributed by atoms with Crippen LogP contribution in [0, 0.1) is 0 Å². The van der Waals surface area contributed by atoms with E-state index >= 15 is 0 Å². The van der Waals surface area contributed by atoms with Gasteiger partial charge in [0.25, 0.3) is 0 Å². The summed E-state index contributed by atoms with van der Waals surface area (Å²) in [5.41, 5.74) is 0. The first-order valence-electron chi connectivity index (χ1n) is 5.44. The zero-order valence-corrected chi connectivity index (χ0v) is 9.03. The fraction of sp³-hybridized carbons (Fsp3) is 0.800. The van der Waals surface area contributed by atoms with Gasteiger partial charge in [-0.15, -0.1) is 0 Å². The maximum atomic E-state index is 11.6. The maximum absolute atomic E-state index is 11.6. The molecule has 0 aromatic carbocycles. The molecule has 1 atom stereocenters. The highest BCUT2D eigenvalue weighted by molar-refractivity contribution is 5.82. The van der Waals surface area contributed by atoms with Crippen molar-refractivity contribution in [2.24, 2.45) is 0 Å². The topological polar surface area (TPSA) is 69.6 Å². The molecule has 0 unspecified atom stereocenters. The summed E-state index contributed by atoms with van der Waals surface area (Å²) >= 11 is 0. The lowest BCUT2D eigenvalue weighted by Crippen LogP contribution is -2.51. The minimum absolute atomic E-state index is 0.246. The molecule has 15 heavy (non-hydrogen) atoms. The average molecular weight is 214 g/mol. The van der Waals surface area contributed by atoms with Gasteiger partial charge in [-0.25, -0.2) is 9.59 Å². The number of carbonyl (C=O) groups is 2. The number of nitrogens with zero attached hydrogens (tertiary/aromatic N) is 1. The largest absolute Gasteiger partial charge is 0.480 e. The lowest BCUT2D eigenvalue weighted by molar-refractivity contribution is -0.143. The zero-order chi connectivity index (χ0) is 11.3. The Balaban J connectivity index is 2.55. The number of hydrogen-bond acceptors (Lipinski definition) is 2. The van der Waals surface area contributed by atoms with Gasteiger partial charge in [0.15, 0.2) is 0 Å². The second kappa shape index (κ2) is 5.58. The first-order chi connectivity index (χ1) is 7.16. The van der Waals surface area contributed by atoms with Gasteiger partial charge in [0.1, 0.15) is 6.04 Å². The molecule has 0 saturated carbocycles. The average Bonchev–Trinajstić information content (AvgIpc) is 2.25. The van der Waals surface area contributed by atoms with Gasteiger partial charge in [0.05, 0.1) is 0 Å². The van der Waals surface area contributed by atoms with Crippen LogP contribution >= 0.6 is 0 Å². The number of carbonyl (C=O) groups excluding carboxylic acids is 1. The van der Waals surface area contributed by atoms with E-state index in [0.717, 1.165) is 19.3 Å². The van der Waals surface area contributed by atoms with E-state index in [9.17, 15) is 9.59 Å². The predicted molar refractivity (Wildman–Crippen MR) is 55.7 cm³/mol. The lowest BCUT2D eigenvalue weighted by atomic mass is 10.0. The van der Waals surface area contributed by atoms with Crippen LogP contribution in [0.1, 0.15) is 32.6 Å². The van der Waals surface area contributed by atoms with Crippen molar-refractivity contribution in [3.8, 4) is 0 Å². The highest BCUT2D eigenvalue weighted by Crippen LogP contribution is 2.17. The molecule has 2 N–H and O–H groups in total. The Morgan fingerprint density at radius 1 is 1.47 bits per heavy atom. The normalized spacial score (nSPS) is 21.1. The van der Waals surface area contributed by atoms with Crippen LogP contribution in [0.5, 0.6) is 0 Å². The number of hydrogen-bond donors (Lipinski definition) is 2. The smallest absolute Gasteiger partial charge is 0.326 e. The van der Waals surface area contributed by atoms with Crippen molar-refractivity contribution in [1.29, 1.82) is 0 Å². The molecule has 1 aliphatic heterocycles. The van der Waals surface area contributed by atoms with Crippen molar-refractivity contribution in [2.45, 2.75) is 38.6 Å². The van der Waals surface area contributed by atoms with Crippen molar-refractivity contribution < 1.29 is 14.7 Å². The second-order valence-electron chi connectivity index (χ2n) is 3.78.